The van der Waals surface area contributed by atoms with Crippen molar-refractivity contribution in [2.75, 3.05) is 59.2 Å². The molecule has 2 fully saturated rings. The molecule has 0 aliphatic carbocycles. The van der Waals surface area contributed by atoms with Crippen LogP contribution in [0.3, 0.4) is 0 Å². The first-order chi connectivity index (χ1) is 19.5. The van der Waals surface area contributed by atoms with Crippen LogP contribution in [0, 0.1) is 0 Å². The number of rotatable bonds is 13. The zero-order chi connectivity index (χ0) is 28.5. The molecule has 1 N–H and O–H groups in total. The van der Waals surface area contributed by atoms with E-state index in [0.29, 0.717) is 74.4 Å². The Kier molecular flexibility index (Phi) is 10.4. The largest absolute Gasteiger partial charge is 0.507 e. The SMILES string of the molecule is CCCOc1ccc(C2C(=C(O)c3ccc(OCC)cc3)C(=O)C(=O)N2CCCN2CCOCC2)cc1OCC. The van der Waals surface area contributed by atoms with Crippen LogP contribution in [0.1, 0.15) is 50.8 Å². The van der Waals surface area contributed by atoms with Crippen LogP contribution in [0.4, 0.5) is 0 Å². The fraction of sp³-hybridized carbons (Fsp3) is 0.484. The van der Waals surface area contributed by atoms with Gasteiger partial charge in [0.25, 0.3) is 11.7 Å². The Labute approximate surface area is 236 Å². The third-order valence-electron chi connectivity index (χ3n) is 7.00. The topological polar surface area (TPSA) is 97.8 Å². The summed E-state index contributed by atoms with van der Waals surface area (Å²) in [7, 11) is 0. The Bertz CT molecular complexity index is 1190. The second kappa shape index (κ2) is 14.2. The predicted octanol–water partition coefficient (Wildman–Crippen LogP) is 4.42. The number of nitrogens with zero attached hydrogens (tertiary/aromatic N) is 2. The molecular weight excluding hydrogens is 512 g/mol. The minimum absolute atomic E-state index is 0.0604. The van der Waals surface area contributed by atoms with Crippen molar-refractivity contribution in [3.05, 3.63) is 59.2 Å². The number of carbonyl (C=O) groups excluding carboxylic acids is 2. The first-order valence-corrected chi connectivity index (χ1v) is 14.2. The Hall–Kier alpha value is -3.56. The number of benzene rings is 2. The van der Waals surface area contributed by atoms with Gasteiger partial charge in [-0.25, -0.2) is 0 Å². The van der Waals surface area contributed by atoms with E-state index in [1.54, 1.807) is 35.2 Å². The number of morpholine rings is 1. The normalized spacial score (nSPS) is 19.2. The van der Waals surface area contributed by atoms with Gasteiger partial charge in [-0.3, -0.25) is 14.5 Å². The summed E-state index contributed by atoms with van der Waals surface area (Å²) in [6.07, 6.45) is 1.53. The smallest absolute Gasteiger partial charge is 0.295 e. The molecule has 2 aliphatic rings. The molecule has 40 heavy (non-hydrogen) atoms. The monoisotopic (exact) mass is 552 g/mol. The van der Waals surface area contributed by atoms with Gasteiger partial charge in [0, 0.05) is 31.7 Å². The van der Waals surface area contributed by atoms with Crippen molar-refractivity contribution in [3.8, 4) is 17.2 Å². The lowest BCUT2D eigenvalue weighted by atomic mass is 9.95. The first kappa shape index (κ1) is 29.4. The molecule has 1 atom stereocenters. The molecule has 1 amide bonds. The van der Waals surface area contributed by atoms with Crippen LogP contribution in [0.15, 0.2) is 48.0 Å². The maximum Gasteiger partial charge on any atom is 0.295 e. The highest BCUT2D eigenvalue weighted by Crippen LogP contribution is 2.42. The van der Waals surface area contributed by atoms with Gasteiger partial charge in [-0.15, -0.1) is 0 Å². The standard InChI is InChI=1S/C31H40N2O7/c1-4-18-40-25-13-10-23(21-26(25)39-6-3)28-27(29(34)22-8-11-24(12-9-22)38-5-2)30(35)31(36)33(28)15-7-14-32-16-19-37-20-17-32/h8-13,21,28,34H,4-7,14-20H2,1-3H3. The zero-order valence-electron chi connectivity index (χ0n) is 23.7. The lowest BCUT2D eigenvalue weighted by Crippen LogP contribution is -2.39. The van der Waals surface area contributed by atoms with E-state index in [0.717, 1.165) is 26.1 Å². The van der Waals surface area contributed by atoms with E-state index in [-0.39, 0.29) is 11.3 Å². The van der Waals surface area contributed by atoms with Crippen molar-refractivity contribution in [2.45, 2.75) is 39.7 Å². The highest BCUT2D eigenvalue weighted by atomic mass is 16.5. The molecule has 2 heterocycles. The van der Waals surface area contributed by atoms with Crippen LogP contribution < -0.4 is 14.2 Å². The van der Waals surface area contributed by atoms with Gasteiger partial charge in [-0.1, -0.05) is 13.0 Å². The summed E-state index contributed by atoms with van der Waals surface area (Å²) in [6, 6.07) is 11.5. The molecule has 0 radical (unpaired) electrons. The van der Waals surface area contributed by atoms with Gasteiger partial charge in [0.2, 0.25) is 0 Å². The molecule has 216 valence electrons. The molecule has 1 unspecified atom stereocenters. The van der Waals surface area contributed by atoms with E-state index in [1.807, 2.05) is 32.9 Å². The van der Waals surface area contributed by atoms with Crippen molar-refractivity contribution in [1.29, 1.82) is 0 Å². The van der Waals surface area contributed by atoms with E-state index >= 15 is 0 Å². The zero-order valence-corrected chi connectivity index (χ0v) is 23.7. The highest BCUT2D eigenvalue weighted by Gasteiger charge is 2.46. The molecule has 0 spiro atoms. The third-order valence-corrected chi connectivity index (χ3v) is 7.00. The maximum atomic E-state index is 13.5. The number of ketones is 1. The van der Waals surface area contributed by atoms with Gasteiger partial charge in [0.1, 0.15) is 11.5 Å². The quantitative estimate of drug-likeness (QED) is 0.222. The summed E-state index contributed by atoms with van der Waals surface area (Å²) in [6.45, 7) is 11.5. The van der Waals surface area contributed by atoms with Gasteiger partial charge in [-0.05, 0) is 68.7 Å². The molecule has 9 heteroatoms. The molecule has 0 aromatic heterocycles. The molecule has 2 saturated heterocycles. The number of Topliss-reactive ketones (excluding diaryl/α,β-unsaturated/α-hetero) is 1. The van der Waals surface area contributed by atoms with Gasteiger partial charge < -0.3 is 29.0 Å². The van der Waals surface area contributed by atoms with E-state index in [1.165, 1.54) is 0 Å². The fourth-order valence-electron chi connectivity index (χ4n) is 5.07. The Balaban J connectivity index is 1.71. The lowest BCUT2D eigenvalue weighted by Gasteiger charge is -2.29. The van der Waals surface area contributed by atoms with Crippen LogP contribution in [0.2, 0.25) is 0 Å². The minimum Gasteiger partial charge on any atom is -0.507 e. The summed E-state index contributed by atoms with van der Waals surface area (Å²) in [5.74, 6) is 0.252. The summed E-state index contributed by atoms with van der Waals surface area (Å²) < 4.78 is 22.7. The molecule has 0 bridgehead atoms. The molecule has 9 nitrogen and oxygen atoms in total. The number of hydrogen-bond donors (Lipinski definition) is 1. The van der Waals surface area contributed by atoms with Gasteiger partial charge in [0.05, 0.1) is 44.6 Å². The number of aliphatic hydroxyl groups is 1. The van der Waals surface area contributed by atoms with Crippen LogP contribution in [-0.4, -0.2) is 85.8 Å². The maximum absolute atomic E-state index is 13.5. The van der Waals surface area contributed by atoms with Crippen molar-refractivity contribution in [3.63, 3.8) is 0 Å². The summed E-state index contributed by atoms with van der Waals surface area (Å²) >= 11 is 0. The third kappa shape index (κ3) is 6.77. The number of likely N-dealkylation sites (tertiary alicyclic amines) is 1. The number of carbonyl (C=O) groups is 2. The van der Waals surface area contributed by atoms with Crippen molar-refractivity contribution in [2.24, 2.45) is 0 Å². The van der Waals surface area contributed by atoms with Crippen LogP contribution in [-0.2, 0) is 14.3 Å². The molecule has 2 aromatic rings. The van der Waals surface area contributed by atoms with Crippen molar-refractivity contribution < 1.29 is 33.6 Å². The summed E-state index contributed by atoms with van der Waals surface area (Å²) in [5, 5.41) is 11.4. The van der Waals surface area contributed by atoms with E-state index < -0.39 is 17.7 Å². The second-order valence-electron chi connectivity index (χ2n) is 9.75. The number of hydrogen-bond acceptors (Lipinski definition) is 8. The number of aliphatic hydroxyl groups excluding tert-OH is 1. The Morgan fingerprint density at radius 2 is 1.65 bits per heavy atom. The van der Waals surface area contributed by atoms with Crippen LogP contribution in [0.25, 0.3) is 5.76 Å². The molecule has 2 aromatic carbocycles. The molecule has 2 aliphatic heterocycles. The summed E-state index contributed by atoms with van der Waals surface area (Å²) in [4.78, 5) is 30.7. The lowest BCUT2D eigenvalue weighted by molar-refractivity contribution is -0.140. The number of amides is 1. The van der Waals surface area contributed by atoms with Gasteiger partial charge in [-0.2, -0.15) is 0 Å². The average Bonchev–Trinajstić information content (AvgIpc) is 3.22. The van der Waals surface area contributed by atoms with E-state index in [9.17, 15) is 14.7 Å². The molecule has 0 saturated carbocycles. The van der Waals surface area contributed by atoms with E-state index in [2.05, 4.69) is 4.90 Å². The van der Waals surface area contributed by atoms with Crippen molar-refractivity contribution >= 4 is 17.4 Å². The summed E-state index contributed by atoms with van der Waals surface area (Å²) in [5.41, 5.74) is 1.17. The molecule has 4 rings (SSSR count). The minimum atomic E-state index is -0.768. The van der Waals surface area contributed by atoms with Gasteiger partial charge >= 0.3 is 0 Å². The van der Waals surface area contributed by atoms with Crippen LogP contribution in [0.5, 0.6) is 17.2 Å². The van der Waals surface area contributed by atoms with Gasteiger partial charge in [0.15, 0.2) is 11.5 Å². The predicted molar refractivity (Wildman–Crippen MR) is 152 cm³/mol. The highest BCUT2D eigenvalue weighted by molar-refractivity contribution is 6.46. The second-order valence-corrected chi connectivity index (χ2v) is 9.75. The Morgan fingerprint density at radius 1 is 0.925 bits per heavy atom. The Morgan fingerprint density at radius 3 is 2.33 bits per heavy atom. The van der Waals surface area contributed by atoms with Crippen LogP contribution >= 0.6 is 0 Å². The van der Waals surface area contributed by atoms with Crippen molar-refractivity contribution in [1.82, 2.24) is 9.80 Å². The number of ether oxygens (including phenoxy) is 4. The first-order valence-electron chi connectivity index (χ1n) is 14.2. The average molecular weight is 553 g/mol. The van der Waals surface area contributed by atoms with E-state index in [4.69, 9.17) is 18.9 Å². The molecular formula is C31H40N2O7. The fourth-order valence-corrected chi connectivity index (χ4v) is 5.07.